The molecule has 8 heteroatoms. The SMILES string of the molecule is CC1=C(C(=O)OCCOc2ccccc2)C(c2ccccc2C(F)(F)F)C2=C(CCCC2=O)N1. The van der Waals surface area contributed by atoms with Crippen LogP contribution in [0.5, 0.6) is 5.75 Å². The van der Waals surface area contributed by atoms with Crippen molar-refractivity contribution in [2.24, 2.45) is 0 Å². The maximum absolute atomic E-state index is 13.9. The van der Waals surface area contributed by atoms with Gasteiger partial charge in [-0.05, 0) is 43.5 Å². The molecule has 1 N–H and O–H groups in total. The Bertz CT molecular complexity index is 1150. The molecule has 2 aliphatic rings. The highest BCUT2D eigenvalue weighted by Crippen LogP contribution is 2.46. The number of hydrogen-bond acceptors (Lipinski definition) is 5. The van der Waals surface area contributed by atoms with Crippen LogP contribution in [0.1, 0.15) is 43.2 Å². The molecule has 2 aromatic carbocycles. The minimum Gasteiger partial charge on any atom is -0.490 e. The fraction of sp³-hybridized carbons (Fsp3) is 0.308. The lowest BCUT2D eigenvalue weighted by Crippen LogP contribution is -2.35. The van der Waals surface area contributed by atoms with E-state index in [2.05, 4.69) is 5.32 Å². The minimum atomic E-state index is -4.65. The van der Waals surface area contributed by atoms with Crippen LogP contribution < -0.4 is 10.1 Å². The summed E-state index contributed by atoms with van der Waals surface area (Å²) in [6.07, 6.45) is -3.30. The smallest absolute Gasteiger partial charge is 0.416 e. The van der Waals surface area contributed by atoms with Crippen LogP contribution in [0.2, 0.25) is 0 Å². The molecule has 0 radical (unpaired) electrons. The van der Waals surface area contributed by atoms with E-state index in [0.717, 1.165) is 6.07 Å². The first-order valence-corrected chi connectivity index (χ1v) is 11.0. The van der Waals surface area contributed by atoms with Gasteiger partial charge in [0.15, 0.2) is 5.78 Å². The number of ketones is 1. The third-order valence-corrected chi connectivity index (χ3v) is 5.90. The summed E-state index contributed by atoms with van der Waals surface area (Å²) < 4.78 is 52.6. The molecule has 0 saturated carbocycles. The van der Waals surface area contributed by atoms with E-state index in [9.17, 15) is 22.8 Å². The highest BCUT2D eigenvalue weighted by molar-refractivity contribution is 6.03. The maximum Gasteiger partial charge on any atom is 0.416 e. The number of hydrogen-bond donors (Lipinski definition) is 1. The number of benzene rings is 2. The van der Waals surface area contributed by atoms with Crippen LogP contribution in [0.4, 0.5) is 13.2 Å². The Morgan fingerprint density at radius 1 is 1.03 bits per heavy atom. The van der Waals surface area contributed by atoms with Crippen molar-refractivity contribution in [3.63, 3.8) is 0 Å². The number of halogens is 3. The zero-order valence-corrected chi connectivity index (χ0v) is 18.6. The van der Waals surface area contributed by atoms with E-state index in [4.69, 9.17) is 9.47 Å². The Morgan fingerprint density at radius 2 is 1.74 bits per heavy atom. The van der Waals surface area contributed by atoms with Crippen molar-refractivity contribution in [3.8, 4) is 5.75 Å². The Hall–Kier alpha value is -3.55. The number of para-hydroxylation sites is 1. The molecule has 1 aliphatic heterocycles. The van der Waals surface area contributed by atoms with Crippen molar-refractivity contribution < 1.29 is 32.2 Å². The van der Waals surface area contributed by atoms with Crippen molar-refractivity contribution in [1.29, 1.82) is 0 Å². The summed E-state index contributed by atoms with van der Waals surface area (Å²) in [6, 6.07) is 14.0. The topological polar surface area (TPSA) is 64.6 Å². The summed E-state index contributed by atoms with van der Waals surface area (Å²) in [5.41, 5.74) is 0.152. The van der Waals surface area contributed by atoms with Crippen LogP contribution in [0.15, 0.2) is 77.1 Å². The number of ether oxygens (including phenoxy) is 2. The lowest BCUT2D eigenvalue weighted by Gasteiger charge is -2.35. The highest BCUT2D eigenvalue weighted by atomic mass is 19.4. The summed E-state index contributed by atoms with van der Waals surface area (Å²) in [4.78, 5) is 26.0. The molecule has 1 heterocycles. The highest BCUT2D eigenvalue weighted by Gasteiger charge is 2.43. The van der Waals surface area contributed by atoms with Crippen molar-refractivity contribution in [1.82, 2.24) is 5.32 Å². The third-order valence-electron chi connectivity index (χ3n) is 5.90. The molecule has 34 heavy (non-hydrogen) atoms. The van der Waals surface area contributed by atoms with Gasteiger partial charge in [0, 0.05) is 29.3 Å². The van der Waals surface area contributed by atoms with Gasteiger partial charge in [0.05, 0.1) is 11.1 Å². The normalized spacial score (nSPS) is 18.4. The lowest BCUT2D eigenvalue weighted by atomic mass is 9.74. The summed E-state index contributed by atoms with van der Waals surface area (Å²) in [5, 5.41) is 3.08. The van der Waals surface area contributed by atoms with Crippen LogP contribution >= 0.6 is 0 Å². The number of nitrogens with one attached hydrogen (secondary N) is 1. The average Bonchev–Trinajstić information content (AvgIpc) is 2.81. The first kappa shape index (κ1) is 23.6. The van der Waals surface area contributed by atoms with Gasteiger partial charge in [-0.15, -0.1) is 0 Å². The zero-order chi connectivity index (χ0) is 24.3. The predicted octanol–water partition coefficient (Wildman–Crippen LogP) is 5.30. The first-order valence-electron chi connectivity index (χ1n) is 11.0. The number of alkyl halides is 3. The fourth-order valence-electron chi connectivity index (χ4n) is 4.46. The molecule has 0 fully saturated rings. The Balaban J connectivity index is 1.65. The van der Waals surface area contributed by atoms with Crippen LogP contribution in [0.25, 0.3) is 0 Å². The monoisotopic (exact) mass is 471 g/mol. The largest absolute Gasteiger partial charge is 0.490 e. The number of carbonyl (C=O) groups is 2. The van der Waals surface area contributed by atoms with Gasteiger partial charge in [-0.3, -0.25) is 4.79 Å². The van der Waals surface area contributed by atoms with Gasteiger partial charge in [0.1, 0.15) is 19.0 Å². The number of Topliss-reactive ketones (excluding diaryl/α,β-unsaturated/α-hetero) is 1. The molecule has 1 unspecified atom stereocenters. The quantitative estimate of drug-likeness (QED) is 0.458. The van der Waals surface area contributed by atoms with Gasteiger partial charge in [-0.1, -0.05) is 36.4 Å². The molecule has 178 valence electrons. The van der Waals surface area contributed by atoms with Gasteiger partial charge in [0.2, 0.25) is 0 Å². The third kappa shape index (κ3) is 4.85. The molecular weight excluding hydrogens is 447 g/mol. The van der Waals surface area contributed by atoms with E-state index >= 15 is 0 Å². The molecule has 0 aromatic heterocycles. The van der Waals surface area contributed by atoms with Crippen molar-refractivity contribution in [3.05, 3.63) is 88.3 Å². The number of rotatable bonds is 6. The fourth-order valence-corrected chi connectivity index (χ4v) is 4.46. The molecule has 4 rings (SSSR count). The van der Waals surface area contributed by atoms with Crippen LogP contribution in [-0.2, 0) is 20.5 Å². The van der Waals surface area contributed by atoms with Gasteiger partial charge in [-0.25, -0.2) is 4.79 Å². The molecule has 5 nitrogen and oxygen atoms in total. The maximum atomic E-state index is 13.9. The Morgan fingerprint density at radius 3 is 2.47 bits per heavy atom. The van der Waals surface area contributed by atoms with Gasteiger partial charge < -0.3 is 14.8 Å². The van der Waals surface area contributed by atoms with Crippen molar-refractivity contribution in [2.45, 2.75) is 38.3 Å². The molecule has 0 amide bonds. The first-order chi connectivity index (χ1) is 16.3. The van der Waals surface area contributed by atoms with E-state index in [1.165, 1.54) is 18.2 Å². The molecular formula is C26H24F3NO4. The molecule has 0 saturated heterocycles. The second kappa shape index (κ2) is 9.75. The van der Waals surface area contributed by atoms with Crippen LogP contribution in [-0.4, -0.2) is 25.0 Å². The molecule has 1 atom stereocenters. The molecule has 2 aromatic rings. The summed E-state index contributed by atoms with van der Waals surface area (Å²) in [6.45, 7) is 1.59. The zero-order valence-electron chi connectivity index (χ0n) is 18.6. The van der Waals surface area contributed by atoms with E-state index in [-0.39, 0.29) is 42.1 Å². The van der Waals surface area contributed by atoms with Gasteiger partial charge >= 0.3 is 12.1 Å². The summed E-state index contributed by atoms with van der Waals surface area (Å²) >= 11 is 0. The van der Waals surface area contributed by atoms with Crippen molar-refractivity contribution >= 4 is 11.8 Å². The van der Waals surface area contributed by atoms with E-state index in [1.54, 1.807) is 31.2 Å². The Kier molecular flexibility index (Phi) is 6.77. The average molecular weight is 471 g/mol. The lowest BCUT2D eigenvalue weighted by molar-refractivity contribution is -0.141. The van der Waals surface area contributed by atoms with E-state index in [0.29, 0.717) is 30.0 Å². The van der Waals surface area contributed by atoms with Gasteiger partial charge in [0.25, 0.3) is 0 Å². The molecule has 0 spiro atoms. The molecule has 0 bridgehead atoms. The summed E-state index contributed by atoms with van der Waals surface area (Å²) in [7, 11) is 0. The second-order valence-electron chi connectivity index (χ2n) is 8.15. The number of esters is 1. The minimum absolute atomic E-state index is 0.00501. The van der Waals surface area contributed by atoms with Crippen molar-refractivity contribution in [2.75, 3.05) is 13.2 Å². The molecule has 1 aliphatic carbocycles. The standard InChI is InChI=1S/C26H24F3NO4/c1-16-22(25(32)34-15-14-33-17-8-3-2-4-9-17)23(24-20(30-16)12-7-13-21(24)31)18-10-5-6-11-19(18)26(27,28)29/h2-6,8-11,23,30H,7,12-15H2,1H3. The second-order valence-corrected chi connectivity index (χ2v) is 8.15. The van der Waals surface area contributed by atoms with Gasteiger partial charge in [-0.2, -0.15) is 13.2 Å². The van der Waals surface area contributed by atoms with Crippen LogP contribution in [0, 0.1) is 0 Å². The Labute approximate surface area is 195 Å². The van der Waals surface area contributed by atoms with E-state index < -0.39 is 23.6 Å². The summed E-state index contributed by atoms with van der Waals surface area (Å²) in [5.74, 6) is -1.60. The predicted molar refractivity (Wildman–Crippen MR) is 119 cm³/mol. The van der Waals surface area contributed by atoms with Crippen LogP contribution in [0.3, 0.4) is 0 Å². The van der Waals surface area contributed by atoms with E-state index in [1.807, 2.05) is 6.07 Å². The number of dihydropyridines is 1. The number of carbonyl (C=O) groups excluding carboxylic acids is 2. The number of allylic oxidation sites excluding steroid dienone is 3.